The Kier molecular flexibility index (Phi) is 4.44. The van der Waals surface area contributed by atoms with Crippen LogP contribution in [0.4, 0.5) is 10.2 Å². The van der Waals surface area contributed by atoms with Crippen LogP contribution in [0.5, 0.6) is 0 Å². The van der Waals surface area contributed by atoms with Gasteiger partial charge in [0.25, 0.3) is 5.91 Å². The number of hydrogen-bond donors (Lipinski definition) is 3. The van der Waals surface area contributed by atoms with Crippen LogP contribution in [0.15, 0.2) is 30.3 Å². The van der Waals surface area contributed by atoms with E-state index in [1.807, 2.05) is 0 Å². The van der Waals surface area contributed by atoms with Gasteiger partial charge >= 0.3 is 0 Å². The number of nitrogens with zero attached hydrogens (tertiary/aromatic N) is 2. The standard InChI is InChI=1S/C14H16FN5O/c1-8-3-4-10(7-11(8)15)9(2)17-14(21)12-5-6-13(18-16)20-19-12/h3-7,9H,16H2,1-2H3,(H,17,21)(H,18,20). The summed E-state index contributed by atoms with van der Waals surface area (Å²) < 4.78 is 13.5. The molecule has 4 N–H and O–H groups in total. The molecule has 110 valence electrons. The van der Waals surface area contributed by atoms with Crippen LogP contribution in [0.2, 0.25) is 0 Å². The van der Waals surface area contributed by atoms with E-state index in [0.29, 0.717) is 16.9 Å². The molecule has 0 saturated carbocycles. The average molecular weight is 289 g/mol. The second-order valence-corrected chi connectivity index (χ2v) is 4.65. The summed E-state index contributed by atoms with van der Waals surface area (Å²) in [5.74, 6) is 4.84. The molecule has 0 fully saturated rings. The molecule has 0 bridgehead atoms. The van der Waals surface area contributed by atoms with Crippen molar-refractivity contribution >= 4 is 11.7 Å². The third-order valence-electron chi connectivity index (χ3n) is 3.09. The lowest BCUT2D eigenvalue weighted by atomic mass is 10.1. The van der Waals surface area contributed by atoms with Crippen molar-refractivity contribution in [1.82, 2.24) is 15.5 Å². The molecule has 0 radical (unpaired) electrons. The van der Waals surface area contributed by atoms with Gasteiger partial charge in [0.05, 0.1) is 6.04 Å². The topological polar surface area (TPSA) is 92.9 Å². The minimum Gasteiger partial charge on any atom is -0.344 e. The van der Waals surface area contributed by atoms with Gasteiger partial charge in [-0.25, -0.2) is 10.2 Å². The number of aryl methyl sites for hydroxylation is 1. The summed E-state index contributed by atoms with van der Waals surface area (Å²) >= 11 is 0. The largest absolute Gasteiger partial charge is 0.344 e. The fourth-order valence-corrected chi connectivity index (χ4v) is 1.76. The van der Waals surface area contributed by atoms with Crippen LogP contribution in [0.25, 0.3) is 0 Å². The number of carbonyl (C=O) groups is 1. The molecule has 0 aliphatic heterocycles. The number of amides is 1. The molecule has 1 amide bonds. The fourth-order valence-electron chi connectivity index (χ4n) is 1.76. The average Bonchev–Trinajstić information content (AvgIpc) is 2.50. The lowest BCUT2D eigenvalue weighted by Crippen LogP contribution is -2.28. The summed E-state index contributed by atoms with van der Waals surface area (Å²) in [6, 6.07) is 7.55. The summed E-state index contributed by atoms with van der Waals surface area (Å²) in [6.45, 7) is 3.45. The molecule has 21 heavy (non-hydrogen) atoms. The van der Waals surface area contributed by atoms with Crippen LogP contribution >= 0.6 is 0 Å². The Balaban J connectivity index is 2.08. The molecule has 0 aliphatic rings. The van der Waals surface area contributed by atoms with E-state index in [-0.39, 0.29) is 23.5 Å². The number of nitrogens with one attached hydrogen (secondary N) is 2. The van der Waals surface area contributed by atoms with Gasteiger partial charge in [0.2, 0.25) is 0 Å². The van der Waals surface area contributed by atoms with E-state index in [9.17, 15) is 9.18 Å². The van der Waals surface area contributed by atoms with Crippen LogP contribution in [0, 0.1) is 12.7 Å². The number of halogens is 1. The Morgan fingerprint density at radius 2 is 2.05 bits per heavy atom. The van der Waals surface area contributed by atoms with Crippen molar-refractivity contribution in [3.8, 4) is 0 Å². The third-order valence-corrected chi connectivity index (χ3v) is 3.09. The minimum atomic E-state index is -0.389. The van der Waals surface area contributed by atoms with Crippen molar-refractivity contribution in [3.63, 3.8) is 0 Å². The van der Waals surface area contributed by atoms with Crippen molar-refractivity contribution in [1.29, 1.82) is 0 Å². The Morgan fingerprint density at radius 1 is 1.29 bits per heavy atom. The molecule has 0 aliphatic carbocycles. The van der Waals surface area contributed by atoms with Crippen molar-refractivity contribution in [3.05, 3.63) is 53.0 Å². The number of nitrogen functional groups attached to an aromatic ring is 1. The highest BCUT2D eigenvalue weighted by Gasteiger charge is 2.14. The summed E-state index contributed by atoms with van der Waals surface area (Å²) in [5, 5.41) is 10.2. The number of carbonyl (C=O) groups excluding carboxylic acids is 1. The number of rotatable bonds is 4. The molecule has 0 saturated heterocycles. The normalized spacial score (nSPS) is 11.8. The van der Waals surface area contributed by atoms with Crippen LogP contribution in [0.1, 0.15) is 34.6 Å². The highest BCUT2D eigenvalue weighted by atomic mass is 19.1. The van der Waals surface area contributed by atoms with Crippen molar-refractivity contribution in [2.24, 2.45) is 5.84 Å². The number of aromatic nitrogens is 2. The van der Waals surface area contributed by atoms with Gasteiger partial charge in [-0.3, -0.25) is 4.79 Å². The first-order valence-electron chi connectivity index (χ1n) is 6.38. The molecule has 1 atom stereocenters. The Morgan fingerprint density at radius 3 is 2.62 bits per heavy atom. The highest BCUT2D eigenvalue weighted by molar-refractivity contribution is 5.92. The van der Waals surface area contributed by atoms with Gasteiger partial charge in [-0.2, -0.15) is 0 Å². The Bertz CT molecular complexity index is 644. The van der Waals surface area contributed by atoms with E-state index in [1.54, 1.807) is 26.0 Å². The number of hydrogen-bond acceptors (Lipinski definition) is 5. The molecule has 1 aromatic carbocycles. The maximum atomic E-state index is 13.5. The first kappa shape index (κ1) is 14.9. The van der Waals surface area contributed by atoms with Gasteiger partial charge in [0.1, 0.15) is 5.82 Å². The monoisotopic (exact) mass is 289 g/mol. The zero-order valence-electron chi connectivity index (χ0n) is 11.7. The minimum absolute atomic E-state index is 0.161. The molecule has 2 aromatic rings. The molecule has 1 unspecified atom stereocenters. The van der Waals surface area contributed by atoms with E-state index in [0.717, 1.165) is 0 Å². The van der Waals surface area contributed by atoms with E-state index >= 15 is 0 Å². The van der Waals surface area contributed by atoms with Gasteiger partial charge in [-0.1, -0.05) is 12.1 Å². The zero-order chi connectivity index (χ0) is 15.4. The fraction of sp³-hybridized carbons (Fsp3) is 0.214. The second-order valence-electron chi connectivity index (χ2n) is 4.65. The first-order chi connectivity index (χ1) is 10.0. The van der Waals surface area contributed by atoms with Crippen LogP contribution in [0.3, 0.4) is 0 Å². The lowest BCUT2D eigenvalue weighted by Gasteiger charge is -2.14. The van der Waals surface area contributed by atoms with Gasteiger partial charge < -0.3 is 10.7 Å². The van der Waals surface area contributed by atoms with Gasteiger partial charge in [0, 0.05) is 0 Å². The Labute approximate surface area is 121 Å². The predicted molar refractivity (Wildman–Crippen MR) is 76.9 cm³/mol. The summed E-state index contributed by atoms with van der Waals surface area (Å²) in [7, 11) is 0. The maximum absolute atomic E-state index is 13.5. The molecule has 0 spiro atoms. The number of anilines is 1. The van der Waals surface area contributed by atoms with Crippen molar-refractivity contribution in [2.75, 3.05) is 5.43 Å². The van der Waals surface area contributed by atoms with E-state index in [2.05, 4.69) is 20.9 Å². The van der Waals surface area contributed by atoms with Gasteiger partial charge in [-0.05, 0) is 43.2 Å². The van der Waals surface area contributed by atoms with Gasteiger partial charge in [0.15, 0.2) is 11.5 Å². The van der Waals surface area contributed by atoms with Crippen molar-refractivity contribution < 1.29 is 9.18 Å². The van der Waals surface area contributed by atoms with E-state index < -0.39 is 0 Å². The second kappa shape index (κ2) is 6.27. The quantitative estimate of drug-likeness (QED) is 0.588. The molecule has 2 rings (SSSR count). The van der Waals surface area contributed by atoms with E-state index in [4.69, 9.17) is 5.84 Å². The predicted octanol–water partition coefficient (Wildman–Crippen LogP) is 1.70. The summed E-state index contributed by atoms with van der Waals surface area (Å²) in [4.78, 5) is 12.0. The zero-order valence-corrected chi connectivity index (χ0v) is 11.7. The smallest absolute Gasteiger partial charge is 0.272 e. The molecular formula is C14H16FN5O. The molecule has 1 aromatic heterocycles. The molecule has 1 heterocycles. The molecular weight excluding hydrogens is 273 g/mol. The van der Waals surface area contributed by atoms with Crippen molar-refractivity contribution in [2.45, 2.75) is 19.9 Å². The number of nitrogens with two attached hydrogens (primary N) is 1. The van der Waals surface area contributed by atoms with Crippen LogP contribution in [-0.4, -0.2) is 16.1 Å². The Hall–Kier alpha value is -2.54. The highest BCUT2D eigenvalue weighted by Crippen LogP contribution is 2.16. The van der Waals surface area contributed by atoms with Crippen LogP contribution < -0.4 is 16.6 Å². The van der Waals surface area contributed by atoms with Gasteiger partial charge in [-0.15, -0.1) is 10.2 Å². The number of benzene rings is 1. The van der Waals surface area contributed by atoms with E-state index in [1.165, 1.54) is 18.2 Å². The third kappa shape index (κ3) is 3.51. The lowest BCUT2D eigenvalue weighted by molar-refractivity contribution is 0.0934. The summed E-state index contributed by atoms with van der Waals surface area (Å²) in [5.41, 5.74) is 3.73. The number of hydrazine groups is 1. The van der Waals surface area contributed by atoms with Crippen LogP contribution in [-0.2, 0) is 0 Å². The SMILES string of the molecule is Cc1ccc(C(C)NC(=O)c2ccc(NN)nn2)cc1F. The molecule has 6 nitrogen and oxygen atoms in total. The maximum Gasteiger partial charge on any atom is 0.272 e. The summed E-state index contributed by atoms with van der Waals surface area (Å²) in [6.07, 6.45) is 0. The molecule has 7 heteroatoms. The first-order valence-corrected chi connectivity index (χ1v) is 6.38.